The quantitative estimate of drug-likeness (QED) is 0.892. The SMILES string of the molecule is CCN(CC)C[C@H](O)Cn1c2c(c3ccccc31)CCCC2=O. The Bertz CT molecular complexity index is 701. The van der Waals surface area contributed by atoms with Crippen LogP contribution >= 0.6 is 0 Å². The molecule has 2 aromatic rings. The normalized spacial score (nSPS) is 16.1. The zero-order chi connectivity index (χ0) is 16.4. The molecule has 0 saturated heterocycles. The molecular formula is C19H26N2O2. The van der Waals surface area contributed by atoms with Crippen molar-refractivity contribution in [1.82, 2.24) is 9.47 Å². The lowest BCUT2D eigenvalue weighted by atomic mass is 9.94. The Labute approximate surface area is 137 Å². The van der Waals surface area contributed by atoms with Crippen molar-refractivity contribution < 1.29 is 9.90 Å². The molecule has 0 spiro atoms. The molecule has 0 unspecified atom stereocenters. The fourth-order valence-electron chi connectivity index (χ4n) is 3.73. The number of hydrogen-bond acceptors (Lipinski definition) is 3. The van der Waals surface area contributed by atoms with E-state index in [0.29, 0.717) is 19.5 Å². The minimum Gasteiger partial charge on any atom is -0.390 e. The van der Waals surface area contributed by atoms with Crippen LogP contribution in [-0.4, -0.2) is 46.1 Å². The van der Waals surface area contributed by atoms with Crippen LogP contribution in [0, 0.1) is 0 Å². The van der Waals surface area contributed by atoms with Crippen LogP contribution in [0.3, 0.4) is 0 Å². The lowest BCUT2D eigenvalue weighted by Crippen LogP contribution is -2.35. The number of nitrogens with zero attached hydrogens (tertiary/aromatic N) is 2. The molecule has 1 aliphatic rings. The third-order valence-corrected chi connectivity index (χ3v) is 4.93. The third kappa shape index (κ3) is 3.06. The molecule has 4 nitrogen and oxygen atoms in total. The Hall–Kier alpha value is -1.65. The van der Waals surface area contributed by atoms with E-state index in [1.54, 1.807) is 0 Å². The number of ketones is 1. The van der Waals surface area contributed by atoms with Crippen LogP contribution in [0.15, 0.2) is 24.3 Å². The number of aromatic nitrogens is 1. The first-order chi connectivity index (χ1) is 11.2. The Morgan fingerprint density at radius 2 is 1.96 bits per heavy atom. The van der Waals surface area contributed by atoms with Gasteiger partial charge in [0.15, 0.2) is 5.78 Å². The second-order valence-corrected chi connectivity index (χ2v) is 6.37. The van der Waals surface area contributed by atoms with Crippen molar-refractivity contribution in [3.63, 3.8) is 0 Å². The van der Waals surface area contributed by atoms with E-state index in [9.17, 15) is 9.90 Å². The maximum Gasteiger partial charge on any atom is 0.179 e. The lowest BCUT2D eigenvalue weighted by molar-refractivity contribution is 0.0930. The van der Waals surface area contributed by atoms with E-state index < -0.39 is 6.10 Å². The third-order valence-electron chi connectivity index (χ3n) is 4.93. The number of aliphatic hydroxyl groups excluding tert-OH is 1. The molecule has 23 heavy (non-hydrogen) atoms. The summed E-state index contributed by atoms with van der Waals surface area (Å²) in [6.07, 6.45) is 2.04. The molecule has 0 saturated carbocycles. The Morgan fingerprint density at radius 1 is 1.22 bits per heavy atom. The number of rotatable bonds is 6. The molecule has 124 valence electrons. The topological polar surface area (TPSA) is 45.5 Å². The van der Waals surface area contributed by atoms with Crippen LogP contribution in [0.5, 0.6) is 0 Å². The van der Waals surface area contributed by atoms with Gasteiger partial charge in [-0.1, -0.05) is 32.0 Å². The van der Waals surface area contributed by atoms with E-state index in [2.05, 4.69) is 35.4 Å². The van der Waals surface area contributed by atoms with Gasteiger partial charge < -0.3 is 14.6 Å². The van der Waals surface area contributed by atoms with Gasteiger partial charge in [-0.05, 0) is 37.6 Å². The van der Waals surface area contributed by atoms with Gasteiger partial charge in [0.05, 0.1) is 18.3 Å². The molecular weight excluding hydrogens is 288 g/mol. The molecule has 4 heteroatoms. The summed E-state index contributed by atoms with van der Waals surface area (Å²) >= 11 is 0. The number of para-hydroxylation sites is 1. The molecule has 1 aromatic heterocycles. The second kappa shape index (κ2) is 6.85. The molecule has 0 bridgehead atoms. The number of likely N-dealkylation sites (N-methyl/N-ethyl adjacent to an activating group) is 1. The van der Waals surface area contributed by atoms with Crippen molar-refractivity contribution in [2.24, 2.45) is 0 Å². The summed E-state index contributed by atoms with van der Waals surface area (Å²) in [6, 6.07) is 8.19. The summed E-state index contributed by atoms with van der Waals surface area (Å²) in [5.41, 5.74) is 3.08. The van der Waals surface area contributed by atoms with Gasteiger partial charge in [0.1, 0.15) is 0 Å². The standard InChI is InChI=1S/C19H26N2O2/c1-3-20(4-2)12-14(22)13-21-17-10-6-5-8-15(17)16-9-7-11-18(23)19(16)21/h5-6,8,10,14,22H,3-4,7,9,11-13H2,1-2H3/t14-/m0/s1. The smallest absolute Gasteiger partial charge is 0.179 e. The van der Waals surface area contributed by atoms with Gasteiger partial charge in [0.25, 0.3) is 0 Å². The van der Waals surface area contributed by atoms with Crippen LogP contribution < -0.4 is 0 Å². The van der Waals surface area contributed by atoms with Gasteiger partial charge in [-0.25, -0.2) is 0 Å². The number of fused-ring (bicyclic) bond motifs is 3. The number of benzene rings is 1. The van der Waals surface area contributed by atoms with Gasteiger partial charge in [0, 0.05) is 23.9 Å². The molecule has 0 aliphatic heterocycles. The number of carbonyl (C=O) groups is 1. The van der Waals surface area contributed by atoms with Crippen LogP contribution in [-0.2, 0) is 13.0 Å². The maximum atomic E-state index is 12.5. The molecule has 3 rings (SSSR count). The Kier molecular flexibility index (Phi) is 4.83. The first-order valence-corrected chi connectivity index (χ1v) is 8.69. The van der Waals surface area contributed by atoms with Gasteiger partial charge in [-0.2, -0.15) is 0 Å². The first-order valence-electron chi connectivity index (χ1n) is 8.69. The van der Waals surface area contributed by atoms with Crippen molar-refractivity contribution in [2.75, 3.05) is 19.6 Å². The Balaban J connectivity index is 1.97. The molecule has 1 heterocycles. The minimum absolute atomic E-state index is 0.220. The number of Topliss-reactive ketones (excluding diaryl/α,β-unsaturated/α-hetero) is 1. The van der Waals surface area contributed by atoms with E-state index in [4.69, 9.17) is 0 Å². The minimum atomic E-state index is -0.468. The second-order valence-electron chi connectivity index (χ2n) is 6.37. The van der Waals surface area contributed by atoms with Gasteiger partial charge in [-0.3, -0.25) is 4.79 Å². The number of aryl methyl sites for hydroxylation is 1. The highest BCUT2D eigenvalue weighted by Gasteiger charge is 2.26. The largest absolute Gasteiger partial charge is 0.390 e. The van der Waals surface area contributed by atoms with Crippen molar-refractivity contribution in [3.8, 4) is 0 Å². The van der Waals surface area contributed by atoms with E-state index in [1.807, 2.05) is 12.1 Å². The van der Waals surface area contributed by atoms with Crippen LogP contribution in [0.1, 0.15) is 42.7 Å². The van der Waals surface area contributed by atoms with Gasteiger partial charge in [-0.15, -0.1) is 0 Å². The zero-order valence-corrected chi connectivity index (χ0v) is 14.1. The maximum absolute atomic E-state index is 12.5. The molecule has 1 atom stereocenters. The summed E-state index contributed by atoms with van der Waals surface area (Å²) < 4.78 is 2.06. The average molecular weight is 314 g/mol. The van der Waals surface area contributed by atoms with E-state index in [1.165, 1.54) is 10.9 Å². The van der Waals surface area contributed by atoms with Crippen LogP contribution in [0.4, 0.5) is 0 Å². The summed E-state index contributed by atoms with van der Waals surface area (Å²) in [4.78, 5) is 14.7. The first kappa shape index (κ1) is 16.2. The molecule has 0 amide bonds. The monoisotopic (exact) mass is 314 g/mol. The van der Waals surface area contributed by atoms with E-state index in [0.717, 1.165) is 37.1 Å². The summed E-state index contributed by atoms with van der Waals surface area (Å²) in [6.45, 7) is 7.19. The predicted molar refractivity (Wildman–Crippen MR) is 93.0 cm³/mol. The van der Waals surface area contributed by atoms with Gasteiger partial charge in [0.2, 0.25) is 0 Å². The van der Waals surface area contributed by atoms with E-state index in [-0.39, 0.29) is 5.78 Å². The molecule has 0 radical (unpaired) electrons. The molecule has 1 N–H and O–H groups in total. The number of carbonyl (C=O) groups excluding carboxylic acids is 1. The molecule has 1 aromatic carbocycles. The summed E-state index contributed by atoms with van der Waals surface area (Å²) in [5, 5.41) is 11.7. The van der Waals surface area contributed by atoms with Crippen molar-refractivity contribution in [3.05, 3.63) is 35.5 Å². The zero-order valence-electron chi connectivity index (χ0n) is 14.1. The highest BCUT2D eigenvalue weighted by molar-refractivity contribution is 6.04. The average Bonchev–Trinajstić information content (AvgIpc) is 2.88. The summed E-state index contributed by atoms with van der Waals surface area (Å²) in [5.74, 6) is 0.220. The molecule has 1 aliphatic carbocycles. The van der Waals surface area contributed by atoms with Gasteiger partial charge >= 0.3 is 0 Å². The summed E-state index contributed by atoms with van der Waals surface area (Å²) in [7, 11) is 0. The highest BCUT2D eigenvalue weighted by atomic mass is 16.3. The van der Waals surface area contributed by atoms with Crippen molar-refractivity contribution in [2.45, 2.75) is 45.8 Å². The van der Waals surface area contributed by atoms with Crippen molar-refractivity contribution in [1.29, 1.82) is 0 Å². The van der Waals surface area contributed by atoms with E-state index >= 15 is 0 Å². The Morgan fingerprint density at radius 3 is 2.70 bits per heavy atom. The van der Waals surface area contributed by atoms with Crippen LogP contribution in [0.2, 0.25) is 0 Å². The highest BCUT2D eigenvalue weighted by Crippen LogP contribution is 2.32. The lowest BCUT2D eigenvalue weighted by Gasteiger charge is -2.23. The fraction of sp³-hybridized carbons (Fsp3) is 0.526. The van der Waals surface area contributed by atoms with Crippen LogP contribution in [0.25, 0.3) is 10.9 Å². The fourth-order valence-corrected chi connectivity index (χ4v) is 3.73. The number of hydrogen-bond donors (Lipinski definition) is 1. The molecule has 0 fully saturated rings. The predicted octanol–water partition coefficient (Wildman–Crippen LogP) is 2.86. The van der Waals surface area contributed by atoms with Crippen molar-refractivity contribution >= 4 is 16.7 Å². The number of aliphatic hydroxyl groups is 1.